The third-order valence-corrected chi connectivity index (χ3v) is 2.86. The van der Waals surface area contributed by atoms with Gasteiger partial charge in [0, 0.05) is 5.56 Å². The van der Waals surface area contributed by atoms with Gasteiger partial charge in [0.05, 0.1) is 18.6 Å². The third-order valence-electron chi connectivity index (χ3n) is 2.86. The normalized spacial score (nSPS) is 18.8. The Kier molecular flexibility index (Phi) is 3.19. The van der Waals surface area contributed by atoms with Gasteiger partial charge in [-0.1, -0.05) is 6.07 Å². The van der Waals surface area contributed by atoms with Gasteiger partial charge in [-0.15, -0.1) is 0 Å². The van der Waals surface area contributed by atoms with Crippen LogP contribution in [0.3, 0.4) is 0 Å². The number of methoxy groups -OCH3 is 1. The Hall–Kier alpha value is -1.72. The first-order valence-corrected chi connectivity index (χ1v) is 5.33. The number of esters is 1. The average molecular weight is 260 g/mol. The van der Waals surface area contributed by atoms with Gasteiger partial charge in [0.15, 0.2) is 0 Å². The van der Waals surface area contributed by atoms with Crippen molar-refractivity contribution < 1.29 is 27.4 Å². The van der Waals surface area contributed by atoms with Crippen molar-refractivity contribution in [2.24, 2.45) is 5.92 Å². The number of hydrogen-bond donors (Lipinski definition) is 0. The van der Waals surface area contributed by atoms with Gasteiger partial charge in [-0.05, 0) is 18.6 Å². The Labute approximate surface area is 102 Å². The zero-order valence-corrected chi connectivity index (χ0v) is 9.58. The topological polar surface area (TPSA) is 35.5 Å². The van der Waals surface area contributed by atoms with E-state index in [2.05, 4.69) is 4.74 Å². The maximum Gasteiger partial charge on any atom is 0.416 e. The first-order valence-electron chi connectivity index (χ1n) is 5.33. The molecule has 0 aromatic heterocycles. The van der Waals surface area contributed by atoms with Gasteiger partial charge >= 0.3 is 12.1 Å². The SMILES string of the molecule is COC(=O)C1COc2cccc(C(F)(F)F)c2C1. The number of alkyl halides is 3. The monoisotopic (exact) mass is 260 g/mol. The van der Waals surface area contributed by atoms with Crippen LogP contribution in [0, 0.1) is 5.92 Å². The molecule has 0 N–H and O–H groups in total. The van der Waals surface area contributed by atoms with Crippen LogP contribution in [-0.2, 0) is 22.1 Å². The molecule has 0 spiro atoms. The van der Waals surface area contributed by atoms with Crippen LogP contribution in [0.15, 0.2) is 18.2 Å². The van der Waals surface area contributed by atoms with E-state index < -0.39 is 23.6 Å². The molecule has 0 saturated carbocycles. The molecule has 1 aliphatic heterocycles. The van der Waals surface area contributed by atoms with Crippen LogP contribution < -0.4 is 4.74 Å². The lowest BCUT2D eigenvalue weighted by Crippen LogP contribution is -2.30. The second-order valence-corrected chi connectivity index (χ2v) is 4.02. The Morgan fingerprint density at radius 2 is 2.17 bits per heavy atom. The molecule has 2 rings (SSSR count). The summed E-state index contributed by atoms with van der Waals surface area (Å²) in [5, 5.41) is 0. The molecule has 98 valence electrons. The molecule has 1 aromatic rings. The van der Waals surface area contributed by atoms with Crippen LogP contribution in [-0.4, -0.2) is 19.7 Å². The Bertz CT molecular complexity index is 468. The molecule has 0 aliphatic carbocycles. The third kappa shape index (κ3) is 2.27. The highest BCUT2D eigenvalue weighted by molar-refractivity contribution is 5.73. The second-order valence-electron chi connectivity index (χ2n) is 4.02. The molecular formula is C12H11F3O3. The van der Waals surface area contributed by atoms with Crippen molar-refractivity contribution in [2.45, 2.75) is 12.6 Å². The second kappa shape index (κ2) is 4.51. The molecular weight excluding hydrogens is 249 g/mol. The minimum Gasteiger partial charge on any atom is -0.492 e. The molecule has 1 aliphatic rings. The van der Waals surface area contributed by atoms with Crippen LogP contribution >= 0.6 is 0 Å². The van der Waals surface area contributed by atoms with Crippen molar-refractivity contribution in [1.82, 2.24) is 0 Å². The molecule has 1 unspecified atom stereocenters. The van der Waals surface area contributed by atoms with Gasteiger partial charge < -0.3 is 9.47 Å². The smallest absolute Gasteiger partial charge is 0.416 e. The maximum absolute atomic E-state index is 12.8. The first kappa shape index (κ1) is 12.7. The van der Waals surface area contributed by atoms with Crippen LogP contribution in [0.4, 0.5) is 13.2 Å². The van der Waals surface area contributed by atoms with Gasteiger partial charge in [0.25, 0.3) is 0 Å². The molecule has 0 radical (unpaired) electrons. The maximum atomic E-state index is 12.8. The molecule has 6 heteroatoms. The predicted octanol–water partition coefficient (Wildman–Crippen LogP) is 2.43. The molecule has 1 heterocycles. The number of halogens is 3. The summed E-state index contributed by atoms with van der Waals surface area (Å²) in [6.45, 7) is 0.0426. The van der Waals surface area contributed by atoms with Gasteiger partial charge in [0.2, 0.25) is 0 Å². The fourth-order valence-electron chi connectivity index (χ4n) is 1.99. The number of benzene rings is 1. The fraction of sp³-hybridized carbons (Fsp3) is 0.417. The standard InChI is InChI=1S/C12H11F3O3/c1-17-11(16)7-5-8-9(12(13,14)15)3-2-4-10(8)18-6-7/h2-4,7H,5-6H2,1H3. The van der Waals surface area contributed by atoms with Crippen molar-refractivity contribution in [3.05, 3.63) is 29.3 Å². The van der Waals surface area contributed by atoms with E-state index in [4.69, 9.17) is 4.74 Å². The average Bonchev–Trinajstić information content (AvgIpc) is 2.35. The van der Waals surface area contributed by atoms with Crippen molar-refractivity contribution >= 4 is 5.97 Å². The molecule has 0 bridgehead atoms. The Balaban J connectivity index is 2.38. The molecule has 18 heavy (non-hydrogen) atoms. The molecule has 0 fully saturated rings. The number of carbonyl (C=O) groups is 1. The van der Waals surface area contributed by atoms with E-state index in [1.807, 2.05) is 0 Å². The van der Waals surface area contributed by atoms with Crippen molar-refractivity contribution in [2.75, 3.05) is 13.7 Å². The molecule has 0 saturated heterocycles. The summed E-state index contributed by atoms with van der Waals surface area (Å²) >= 11 is 0. The van der Waals surface area contributed by atoms with E-state index in [1.54, 1.807) is 0 Å². The van der Waals surface area contributed by atoms with Gasteiger partial charge in [-0.25, -0.2) is 0 Å². The zero-order valence-electron chi connectivity index (χ0n) is 9.58. The number of hydrogen-bond acceptors (Lipinski definition) is 3. The lowest BCUT2D eigenvalue weighted by atomic mass is 9.92. The Morgan fingerprint density at radius 3 is 2.78 bits per heavy atom. The molecule has 1 aromatic carbocycles. The summed E-state index contributed by atoms with van der Waals surface area (Å²) < 4.78 is 48.2. The number of carbonyl (C=O) groups excluding carboxylic acids is 1. The molecule has 3 nitrogen and oxygen atoms in total. The Morgan fingerprint density at radius 1 is 1.44 bits per heavy atom. The minimum atomic E-state index is -4.45. The predicted molar refractivity (Wildman–Crippen MR) is 56.1 cm³/mol. The fourth-order valence-corrected chi connectivity index (χ4v) is 1.99. The molecule has 1 atom stereocenters. The van der Waals surface area contributed by atoms with Crippen LogP contribution in [0.25, 0.3) is 0 Å². The summed E-state index contributed by atoms with van der Waals surface area (Å²) in [7, 11) is 1.20. The van der Waals surface area contributed by atoms with E-state index in [0.29, 0.717) is 0 Å². The van der Waals surface area contributed by atoms with Gasteiger partial charge in [0.1, 0.15) is 12.4 Å². The summed E-state index contributed by atoms with van der Waals surface area (Å²) in [4.78, 5) is 11.4. The largest absolute Gasteiger partial charge is 0.492 e. The number of ether oxygens (including phenoxy) is 2. The van der Waals surface area contributed by atoms with Crippen LogP contribution in [0.5, 0.6) is 5.75 Å². The number of fused-ring (bicyclic) bond motifs is 1. The summed E-state index contributed by atoms with van der Waals surface area (Å²) in [5.74, 6) is -1.06. The van der Waals surface area contributed by atoms with E-state index in [0.717, 1.165) is 6.07 Å². The van der Waals surface area contributed by atoms with Gasteiger partial charge in [-0.3, -0.25) is 4.79 Å². The van der Waals surface area contributed by atoms with E-state index in [1.165, 1.54) is 19.2 Å². The highest BCUT2D eigenvalue weighted by atomic mass is 19.4. The summed E-state index contributed by atoms with van der Waals surface area (Å²) in [6.07, 6.45) is -4.47. The quantitative estimate of drug-likeness (QED) is 0.727. The van der Waals surface area contributed by atoms with E-state index in [-0.39, 0.29) is 24.3 Å². The van der Waals surface area contributed by atoms with Crippen LogP contribution in [0.1, 0.15) is 11.1 Å². The summed E-state index contributed by atoms with van der Waals surface area (Å²) in [5.41, 5.74) is -0.736. The molecule has 0 amide bonds. The van der Waals surface area contributed by atoms with Crippen molar-refractivity contribution in [3.63, 3.8) is 0 Å². The lowest BCUT2D eigenvalue weighted by Gasteiger charge is -2.26. The van der Waals surface area contributed by atoms with Gasteiger partial charge in [-0.2, -0.15) is 13.2 Å². The number of rotatable bonds is 1. The lowest BCUT2D eigenvalue weighted by molar-refractivity contribution is -0.148. The summed E-state index contributed by atoms with van der Waals surface area (Å²) in [6, 6.07) is 3.75. The highest BCUT2D eigenvalue weighted by Gasteiger charge is 2.38. The van der Waals surface area contributed by atoms with E-state index >= 15 is 0 Å². The highest BCUT2D eigenvalue weighted by Crippen LogP contribution is 2.39. The zero-order chi connectivity index (χ0) is 13.3. The minimum absolute atomic E-state index is 0.0162. The van der Waals surface area contributed by atoms with Crippen LogP contribution in [0.2, 0.25) is 0 Å². The van der Waals surface area contributed by atoms with Crippen molar-refractivity contribution in [3.8, 4) is 5.75 Å². The van der Waals surface area contributed by atoms with E-state index in [9.17, 15) is 18.0 Å². The first-order chi connectivity index (χ1) is 8.43. The van der Waals surface area contributed by atoms with Crippen molar-refractivity contribution in [1.29, 1.82) is 0 Å².